The van der Waals surface area contributed by atoms with Crippen LogP contribution in [0.2, 0.25) is 0 Å². The van der Waals surface area contributed by atoms with E-state index in [1.54, 1.807) is 0 Å². The number of unbranched alkanes of at least 4 members (excludes halogenated alkanes) is 15. The average molecular weight is 685 g/mol. The maximum atomic E-state index is 8.97. The zero-order valence-electron chi connectivity index (χ0n) is 31.2. The molecular formula is C47H60N2O2. The van der Waals surface area contributed by atoms with E-state index in [0.29, 0.717) is 5.56 Å². The van der Waals surface area contributed by atoms with E-state index < -0.39 is 0 Å². The second-order valence-electron chi connectivity index (χ2n) is 13.8. The molecular weight excluding hydrogens is 625 g/mol. The smallest absolute Gasteiger partial charge is 0.119 e. The van der Waals surface area contributed by atoms with Crippen molar-refractivity contribution in [2.45, 2.75) is 122 Å². The zero-order chi connectivity index (χ0) is 35.6. The lowest BCUT2D eigenvalue weighted by Crippen LogP contribution is -1.97. The molecule has 0 atom stereocenters. The second kappa shape index (κ2) is 24.7. The van der Waals surface area contributed by atoms with Crippen LogP contribution in [-0.2, 0) is 6.42 Å². The number of hydrogen-bond donors (Lipinski definition) is 0. The van der Waals surface area contributed by atoms with E-state index >= 15 is 0 Å². The SMILES string of the molecule is CCCCCCCCCCc1ccc(N=Cc2ccc(OCCCCCCCCCCCOc3ccc(-c4ccc(C#N)cc4)cc3)cc2)cc1. The number of rotatable bonds is 26. The second-order valence-corrected chi connectivity index (χ2v) is 13.8. The standard InChI is InChI=1S/C47H60N2O2/c1-2-3-4-5-6-10-13-16-19-40-22-30-45(31-23-40)49-39-42-24-32-46(33-25-42)50-36-17-14-11-8-7-9-12-15-18-37-51-47-34-28-44(29-35-47)43-26-20-41(38-48)21-27-43/h20-35,39H,2-19,36-37H2,1H3. The molecule has 0 aliphatic heterocycles. The fourth-order valence-corrected chi connectivity index (χ4v) is 6.31. The van der Waals surface area contributed by atoms with Gasteiger partial charge in [-0.25, -0.2) is 0 Å². The molecule has 0 aliphatic rings. The van der Waals surface area contributed by atoms with E-state index in [2.05, 4.69) is 66.5 Å². The summed E-state index contributed by atoms with van der Waals surface area (Å²) in [6.45, 7) is 3.82. The minimum Gasteiger partial charge on any atom is -0.494 e. The molecule has 4 nitrogen and oxygen atoms in total. The maximum absolute atomic E-state index is 8.97. The van der Waals surface area contributed by atoms with Crippen LogP contribution in [0.3, 0.4) is 0 Å². The third kappa shape index (κ3) is 16.5. The van der Waals surface area contributed by atoms with Gasteiger partial charge < -0.3 is 9.47 Å². The molecule has 0 amide bonds. The molecule has 0 fully saturated rings. The Hall–Kier alpha value is -4.36. The number of aliphatic imine (C=N–C) groups is 1. The van der Waals surface area contributed by atoms with E-state index in [-0.39, 0.29) is 0 Å². The van der Waals surface area contributed by atoms with Gasteiger partial charge in [0.15, 0.2) is 0 Å². The minimum absolute atomic E-state index is 0.681. The summed E-state index contributed by atoms with van der Waals surface area (Å²) in [4.78, 5) is 4.68. The Balaban J connectivity index is 0.950. The minimum atomic E-state index is 0.681. The molecule has 0 bridgehead atoms. The van der Waals surface area contributed by atoms with Gasteiger partial charge in [0, 0.05) is 6.21 Å². The van der Waals surface area contributed by atoms with Gasteiger partial charge in [0.1, 0.15) is 11.5 Å². The van der Waals surface area contributed by atoms with Gasteiger partial charge in [-0.2, -0.15) is 5.26 Å². The van der Waals surface area contributed by atoms with Crippen molar-refractivity contribution >= 4 is 11.9 Å². The highest BCUT2D eigenvalue weighted by molar-refractivity contribution is 5.82. The molecule has 4 aromatic rings. The summed E-state index contributed by atoms with van der Waals surface area (Å²) < 4.78 is 11.9. The first-order valence-corrected chi connectivity index (χ1v) is 19.8. The summed E-state index contributed by atoms with van der Waals surface area (Å²) in [5.41, 5.74) is 6.42. The van der Waals surface area contributed by atoms with Crippen molar-refractivity contribution < 1.29 is 9.47 Å². The van der Waals surface area contributed by atoms with Crippen LogP contribution < -0.4 is 9.47 Å². The normalized spacial score (nSPS) is 11.1. The van der Waals surface area contributed by atoms with E-state index in [9.17, 15) is 0 Å². The Kier molecular flexibility index (Phi) is 19.1. The van der Waals surface area contributed by atoms with Crippen molar-refractivity contribution in [1.82, 2.24) is 0 Å². The van der Waals surface area contributed by atoms with E-state index in [1.807, 2.05) is 54.7 Å². The lowest BCUT2D eigenvalue weighted by molar-refractivity contribution is 0.302. The van der Waals surface area contributed by atoms with Crippen molar-refractivity contribution in [3.05, 3.63) is 114 Å². The molecule has 51 heavy (non-hydrogen) atoms. The first-order valence-electron chi connectivity index (χ1n) is 19.8. The molecule has 0 saturated heterocycles. The predicted molar refractivity (Wildman–Crippen MR) is 216 cm³/mol. The van der Waals surface area contributed by atoms with Crippen molar-refractivity contribution in [2.24, 2.45) is 4.99 Å². The first-order chi connectivity index (χ1) is 25.2. The van der Waals surface area contributed by atoms with Gasteiger partial charge in [0.25, 0.3) is 0 Å². The third-order valence-corrected chi connectivity index (χ3v) is 9.53. The molecule has 270 valence electrons. The third-order valence-electron chi connectivity index (χ3n) is 9.53. The molecule has 0 N–H and O–H groups in total. The summed E-state index contributed by atoms with van der Waals surface area (Å²) in [5, 5.41) is 8.97. The Bertz CT molecular complexity index is 1530. The van der Waals surface area contributed by atoms with Crippen LogP contribution >= 0.6 is 0 Å². The summed E-state index contributed by atoms with van der Waals surface area (Å²) >= 11 is 0. The summed E-state index contributed by atoms with van der Waals surface area (Å²) in [6.07, 6.45) is 25.1. The Morgan fingerprint density at radius 1 is 0.510 bits per heavy atom. The Morgan fingerprint density at radius 2 is 0.961 bits per heavy atom. The molecule has 0 aromatic heterocycles. The first kappa shape index (κ1) is 39.4. The molecule has 4 rings (SSSR count). The Labute approximate surface area is 309 Å². The number of nitriles is 1. The van der Waals surface area contributed by atoms with Crippen molar-refractivity contribution in [3.8, 4) is 28.7 Å². The summed E-state index contributed by atoms with van der Waals surface area (Å²) in [7, 11) is 0. The highest BCUT2D eigenvalue weighted by atomic mass is 16.5. The van der Waals surface area contributed by atoms with Gasteiger partial charge in [0.05, 0.1) is 30.5 Å². The molecule has 0 heterocycles. The molecule has 0 radical (unpaired) electrons. The number of benzene rings is 4. The van der Waals surface area contributed by atoms with Gasteiger partial charge in [-0.05, 0) is 109 Å². The number of ether oxygens (including phenoxy) is 2. The molecule has 0 saturated carbocycles. The van der Waals surface area contributed by atoms with E-state index in [1.165, 1.54) is 108 Å². The van der Waals surface area contributed by atoms with Crippen molar-refractivity contribution in [3.63, 3.8) is 0 Å². The van der Waals surface area contributed by atoms with Gasteiger partial charge >= 0.3 is 0 Å². The zero-order valence-corrected chi connectivity index (χ0v) is 31.2. The van der Waals surface area contributed by atoms with Crippen LogP contribution in [0.25, 0.3) is 11.1 Å². The van der Waals surface area contributed by atoms with Gasteiger partial charge in [-0.1, -0.05) is 133 Å². The fraction of sp³-hybridized carbons (Fsp3) is 0.447. The molecule has 0 unspecified atom stereocenters. The topological polar surface area (TPSA) is 54.6 Å². The molecule has 0 aliphatic carbocycles. The fourth-order valence-electron chi connectivity index (χ4n) is 6.31. The van der Waals surface area contributed by atoms with Crippen molar-refractivity contribution in [2.75, 3.05) is 13.2 Å². The van der Waals surface area contributed by atoms with E-state index in [0.717, 1.165) is 59.9 Å². The van der Waals surface area contributed by atoms with Crippen molar-refractivity contribution in [1.29, 1.82) is 5.26 Å². The van der Waals surface area contributed by atoms with Gasteiger partial charge in [-0.15, -0.1) is 0 Å². The van der Waals surface area contributed by atoms with Crippen LogP contribution in [-0.4, -0.2) is 19.4 Å². The number of hydrogen-bond acceptors (Lipinski definition) is 4. The van der Waals surface area contributed by atoms with Crippen LogP contribution in [0.1, 0.15) is 133 Å². The highest BCUT2D eigenvalue weighted by Crippen LogP contribution is 2.23. The number of nitrogens with zero attached hydrogens (tertiary/aromatic N) is 2. The van der Waals surface area contributed by atoms with Gasteiger partial charge in [-0.3, -0.25) is 4.99 Å². The van der Waals surface area contributed by atoms with Crippen LogP contribution in [0, 0.1) is 11.3 Å². The Morgan fingerprint density at radius 3 is 1.47 bits per heavy atom. The summed E-state index contributed by atoms with van der Waals surface area (Å²) in [5.74, 6) is 1.85. The average Bonchev–Trinajstić information content (AvgIpc) is 3.18. The van der Waals surface area contributed by atoms with Crippen LogP contribution in [0.15, 0.2) is 102 Å². The maximum Gasteiger partial charge on any atom is 0.119 e. The van der Waals surface area contributed by atoms with E-state index in [4.69, 9.17) is 14.7 Å². The molecule has 4 heteroatoms. The van der Waals surface area contributed by atoms with Gasteiger partial charge in [0.2, 0.25) is 0 Å². The number of aryl methyl sites for hydroxylation is 1. The van der Waals surface area contributed by atoms with Crippen LogP contribution in [0.5, 0.6) is 11.5 Å². The highest BCUT2D eigenvalue weighted by Gasteiger charge is 2.01. The monoisotopic (exact) mass is 684 g/mol. The summed E-state index contributed by atoms with van der Waals surface area (Å²) in [6, 6.07) is 35.0. The quantitative estimate of drug-likeness (QED) is 0.0488. The lowest BCUT2D eigenvalue weighted by atomic mass is 10.0. The predicted octanol–water partition coefficient (Wildman–Crippen LogP) is 13.6. The largest absolute Gasteiger partial charge is 0.494 e. The molecule has 0 spiro atoms. The van der Waals surface area contributed by atoms with Crippen LogP contribution in [0.4, 0.5) is 5.69 Å². The molecule has 4 aromatic carbocycles. The lowest BCUT2D eigenvalue weighted by Gasteiger charge is -2.08.